The summed E-state index contributed by atoms with van der Waals surface area (Å²) in [5.41, 5.74) is 0.248. The van der Waals surface area contributed by atoms with Crippen molar-refractivity contribution in [3.63, 3.8) is 0 Å². The zero-order chi connectivity index (χ0) is 11.9. The molecule has 0 radical (unpaired) electrons. The van der Waals surface area contributed by atoms with E-state index in [4.69, 9.17) is 9.15 Å². The topological polar surface area (TPSA) is 34.4 Å². The molecule has 1 aliphatic carbocycles. The molecule has 3 atom stereocenters. The lowest BCUT2D eigenvalue weighted by Crippen LogP contribution is -2.69. The Morgan fingerprint density at radius 2 is 2.35 bits per heavy atom. The largest absolute Gasteiger partial charge is 0.468 e. The van der Waals surface area contributed by atoms with Crippen LogP contribution in [0.25, 0.3) is 0 Å². The first-order valence-corrected chi connectivity index (χ1v) is 6.57. The average molecular weight is 235 g/mol. The quantitative estimate of drug-likeness (QED) is 0.874. The van der Waals surface area contributed by atoms with Crippen LogP contribution in [0.4, 0.5) is 0 Å². The summed E-state index contributed by atoms with van der Waals surface area (Å²) in [5, 5.41) is 3.64. The van der Waals surface area contributed by atoms with Crippen LogP contribution in [0.3, 0.4) is 0 Å². The summed E-state index contributed by atoms with van der Waals surface area (Å²) < 4.78 is 11.3. The van der Waals surface area contributed by atoms with Crippen molar-refractivity contribution in [2.24, 2.45) is 11.3 Å². The third-order valence-corrected chi connectivity index (χ3v) is 4.41. The van der Waals surface area contributed by atoms with Crippen molar-refractivity contribution < 1.29 is 9.15 Å². The highest BCUT2D eigenvalue weighted by Crippen LogP contribution is 2.51. The molecule has 3 nitrogen and oxygen atoms in total. The van der Waals surface area contributed by atoms with Gasteiger partial charge in [-0.3, -0.25) is 0 Å². The molecule has 2 aliphatic rings. The van der Waals surface area contributed by atoms with Gasteiger partial charge in [-0.15, -0.1) is 0 Å². The van der Waals surface area contributed by atoms with E-state index in [1.54, 1.807) is 6.26 Å². The Morgan fingerprint density at radius 3 is 3.12 bits per heavy atom. The first-order valence-electron chi connectivity index (χ1n) is 6.57. The molecule has 3 heteroatoms. The van der Waals surface area contributed by atoms with Gasteiger partial charge >= 0.3 is 0 Å². The zero-order valence-corrected chi connectivity index (χ0v) is 10.6. The molecule has 1 aromatic rings. The normalized spacial score (nSPS) is 35.1. The molecule has 1 aliphatic heterocycles. The summed E-state index contributed by atoms with van der Waals surface area (Å²) in [7, 11) is 0. The Labute approximate surface area is 103 Å². The molecule has 0 aromatic carbocycles. The van der Waals surface area contributed by atoms with E-state index in [-0.39, 0.29) is 5.41 Å². The molecule has 0 amide bonds. The van der Waals surface area contributed by atoms with Crippen molar-refractivity contribution in [2.45, 2.75) is 45.4 Å². The van der Waals surface area contributed by atoms with Crippen LogP contribution in [-0.2, 0) is 11.3 Å². The molecule has 94 valence electrons. The van der Waals surface area contributed by atoms with E-state index in [1.165, 1.54) is 12.8 Å². The molecule has 0 spiro atoms. The minimum absolute atomic E-state index is 0.248. The van der Waals surface area contributed by atoms with E-state index in [2.05, 4.69) is 19.2 Å². The summed E-state index contributed by atoms with van der Waals surface area (Å²) >= 11 is 0. The van der Waals surface area contributed by atoms with Gasteiger partial charge in [0.25, 0.3) is 0 Å². The van der Waals surface area contributed by atoms with Crippen LogP contribution < -0.4 is 5.32 Å². The van der Waals surface area contributed by atoms with E-state index in [0.29, 0.717) is 18.1 Å². The number of furan rings is 1. The van der Waals surface area contributed by atoms with Gasteiger partial charge in [0.05, 0.1) is 18.9 Å². The number of nitrogens with one attached hydrogen (secondary N) is 1. The molecule has 2 heterocycles. The summed E-state index contributed by atoms with van der Waals surface area (Å²) in [6.07, 6.45) is 4.68. The van der Waals surface area contributed by atoms with Crippen LogP contribution in [-0.4, -0.2) is 18.8 Å². The van der Waals surface area contributed by atoms with Crippen LogP contribution in [0.2, 0.25) is 0 Å². The van der Waals surface area contributed by atoms with E-state index in [0.717, 1.165) is 18.9 Å². The second-order valence-electron chi connectivity index (χ2n) is 5.86. The minimum Gasteiger partial charge on any atom is -0.468 e. The molecule has 3 rings (SSSR count). The predicted octanol–water partition coefficient (Wildman–Crippen LogP) is 2.57. The molecular weight excluding hydrogens is 214 g/mol. The van der Waals surface area contributed by atoms with Crippen molar-refractivity contribution in [1.82, 2.24) is 5.32 Å². The second-order valence-corrected chi connectivity index (χ2v) is 5.86. The lowest BCUT2D eigenvalue weighted by molar-refractivity contribution is -0.193. The summed E-state index contributed by atoms with van der Waals surface area (Å²) in [6, 6.07) is 4.51. The van der Waals surface area contributed by atoms with Crippen LogP contribution in [0.1, 0.15) is 32.4 Å². The van der Waals surface area contributed by atoms with Crippen molar-refractivity contribution in [3.05, 3.63) is 24.2 Å². The summed E-state index contributed by atoms with van der Waals surface area (Å²) in [6.45, 7) is 6.37. The lowest BCUT2D eigenvalue weighted by atomic mass is 9.55. The van der Waals surface area contributed by atoms with Gasteiger partial charge < -0.3 is 14.5 Å². The van der Waals surface area contributed by atoms with Crippen LogP contribution >= 0.6 is 0 Å². The van der Waals surface area contributed by atoms with Gasteiger partial charge in [0.15, 0.2) is 0 Å². The van der Waals surface area contributed by atoms with Crippen LogP contribution in [0.15, 0.2) is 22.8 Å². The molecule has 1 N–H and O–H groups in total. The maximum atomic E-state index is 5.90. The Morgan fingerprint density at radius 1 is 1.47 bits per heavy atom. The molecule has 0 bridgehead atoms. The number of hydrogen-bond acceptors (Lipinski definition) is 3. The smallest absolute Gasteiger partial charge is 0.117 e. The van der Waals surface area contributed by atoms with Gasteiger partial charge in [-0.25, -0.2) is 0 Å². The van der Waals surface area contributed by atoms with Gasteiger partial charge in [-0.1, -0.05) is 13.8 Å². The number of hydrogen-bond donors (Lipinski definition) is 1. The van der Waals surface area contributed by atoms with E-state index in [9.17, 15) is 0 Å². The maximum absolute atomic E-state index is 5.90. The van der Waals surface area contributed by atoms with Gasteiger partial charge in [-0.05, 0) is 25.0 Å². The first kappa shape index (κ1) is 11.3. The van der Waals surface area contributed by atoms with Crippen LogP contribution in [0.5, 0.6) is 0 Å². The Hall–Kier alpha value is -0.800. The minimum atomic E-state index is 0.248. The van der Waals surface area contributed by atoms with Crippen molar-refractivity contribution in [1.29, 1.82) is 0 Å². The molecule has 2 fully saturated rings. The van der Waals surface area contributed by atoms with E-state index < -0.39 is 0 Å². The monoisotopic (exact) mass is 235 g/mol. The maximum Gasteiger partial charge on any atom is 0.117 e. The van der Waals surface area contributed by atoms with Gasteiger partial charge in [0.1, 0.15) is 5.76 Å². The van der Waals surface area contributed by atoms with Crippen molar-refractivity contribution in [3.8, 4) is 0 Å². The second kappa shape index (κ2) is 4.14. The third-order valence-electron chi connectivity index (χ3n) is 4.41. The zero-order valence-electron chi connectivity index (χ0n) is 10.6. The highest BCUT2D eigenvalue weighted by atomic mass is 16.5. The lowest BCUT2D eigenvalue weighted by Gasteiger charge is -2.60. The molecule has 3 unspecified atom stereocenters. The molecule has 1 saturated heterocycles. The fourth-order valence-corrected chi connectivity index (χ4v) is 3.56. The van der Waals surface area contributed by atoms with Gasteiger partial charge in [-0.2, -0.15) is 0 Å². The first-order chi connectivity index (χ1) is 8.19. The highest BCUT2D eigenvalue weighted by Gasteiger charge is 2.57. The fourth-order valence-electron chi connectivity index (χ4n) is 3.56. The van der Waals surface area contributed by atoms with Gasteiger partial charge in [0.2, 0.25) is 0 Å². The number of fused-ring (bicyclic) bond motifs is 1. The van der Waals surface area contributed by atoms with Crippen molar-refractivity contribution >= 4 is 0 Å². The standard InChI is InChI=1S/C14H21NO2/c1-14(2)12(11-6-4-8-17-13(11)14)15-9-10-5-3-7-16-10/h3,5,7,11-13,15H,4,6,8-9H2,1-2H3. The van der Waals surface area contributed by atoms with Gasteiger partial charge in [0, 0.05) is 24.0 Å². The predicted molar refractivity (Wildman–Crippen MR) is 65.6 cm³/mol. The van der Waals surface area contributed by atoms with Crippen LogP contribution in [0, 0.1) is 11.3 Å². The fraction of sp³-hybridized carbons (Fsp3) is 0.714. The Balaban J connectivity index is 1.62. The molecular formula is C14H21NO2. The molecule has 1 aromatic heterocycles. The van der Waals surface area contributed by atoms with Crippen molar-refractivity contribution in [2.75, 3.05) is 6.61 Å². The number of ether oxygens (including phenoxy) is 1. The number of rotatable bonds is 3. The summed E-state index contributed by atoms with van der Waals surface area (Å²) in [5.74, 6) is 1.70. The Bertz CT molecular complexity index is 372. The Kier molecular flexibility index (Phi) is 2.75. The average Bonchev–Trinajstić information content (AvgIpc) is 2.82. The molecule has 17 heavy (non-hydrogen) atoms. The highest BCUT2D eigenvalue weighted by molar-refractivity contribution is 5.11. The third kappa shape index (κ3) is 1.81. The van der Waals surface area contributed by atoms with E-state index in [1.807, 2.05) is 12.1 Å². The SMILES string of the molecule is CC1(C)C(NCc2ccco2)C2CCCOC21. The summed E-state index contributed by atoms with van der Waals surface area (Å²) in [4.78, 5) is 0. The molecule has 1 saturated carbocycles. The van der Waals surface area contributed by atoms with E-state index >= 15 is 0 Å².